The Labute approximate surface area is 440 Å². The zero-order chi connectivity index (χ0) is 55.7. The molecule has 0 saturated carbocycles. The standard InChI is InChI=1S/C52H85N11O12/c1-27(2)23-34-44(66)55-26-38-41(64)42(65)43(75-38)51(73)62-40(30(7)8)50(72)57-33(18-13-21-54)46(68)59-35(24-28(3)4)47(69)60-36(25-31-15-10-9-11-16-31)52(74)63-22-14-19-37(63)48(70)61-39(29(5)6)49(71)56-32(17-12-20-53)45(67)58-34/h9-11,15-16,27-30,32-43,64-65H,12-14,17-26,53-54H2,1-8H3,(H,55,66)(H,56,71)(H,57,72)(H,58,67)(H,59,68)(H,60,69)(H,61,70)(H,62,73)/t32-,33-,34-,35-,36+,37-,38+,39-,40-,41+,42-,43+/m0/s1. The molecule has 420 valence electrons. The van der Waals surface area contributed by atoms with E-state index in [1.807, 2.05) is 27.7 Å². The Morgan fingerprint density at radius 1 is 0.573 bits per heavy atom. The fourth-order valence-corrected chi connectivity index (χ4v) is 9.49. The summed E-state index contributed by atoms with van der Waals surface area (Å²) >= 11 is 0. The van der Waals surface area contributed by atoms with Crippen molar-refractivity contribution in [1.29, 1.82) is 0 Å². The zero-order valence-electron chi connectivity index (χ0n) is 44.9. The van der Waals surface area contributed by atoms with Crippen molar-refractivity contribution in [2.24, 2.45) is 35.1 Å². The number of nitrogens with zero attached hydrogens (tertiary/aromatic N) is 1. The molecule has 3 fully saturated rings. The van der Waals surface area contributed by atoms with Crippen LogP contribution in [-0.2, 0) is 54.3 Å². The lowest BCUT2D eigenvalue weighted by Crippen LogP contribution is -2.61. The molecule has 0 aromatic heterocycles. The van der Waals surface area contributed by atoms with Gasteiger partial charge in [-0.25, -0.2) is 0 Å². The normalized spacial score (nSPS) is 29.8. The van der Waals surface area contributed by atoms with E-state index in [9.17, 15) is 53.4 Å². The van der Waals surface area contributed by atoms with Gasteiger partial charge in [-0.15, -0.1) is 0 Å². The van der Waals surface area contributed by atoms with Gasteiger partial charge in [0.2, 0.25) is 47.3 Å². The molecule has 9 amide bonds. The van der Waals surface area contributed by atoms with Crippen LogP contribution in [0.1, 0.15) is 112 Å². The number of nitrogens with one attached hydrogen (secondary N) is 8. The van der Waals surface area contributed by atoms with Crippen LogP contribution in [0.2, 0.25) is 0 Å². The van der Waals surface area contributed by atoms with Crippen LogP contribution >= 0.6 is 0 Å². The van der Waals surface area contributed by atoms with Crippen LogP contribution in [0.25, 0.3) is 0 Å². The van der Waals surface area contributed by atoms with E-state index in [0.717, 1.165) is 0 Å². The summed E-state index contributed by atoms with van der Waals surface area (Å²) in [5.74, 6) is -7.85. The van der Waals surface area contributed by atoms with E-state index in [1.165, 1.54) is 4.90 Å². The summed E-state index contributed by atoms with van der Waals surface area (Å²) in [6, 6.07) is -0.669. The average molecular weight is 1060 g/mol. The Morgan fingerprint density at radius 3 is 1.53 bits per heavy atom. The topological polar surface area (TPSA) is 355 Å². The number of benzene rings is 1. The van der Waals surface area contributed by atoms with Crippen LogP contribution in [0, 0.1) is 23.7 Å². The minimum absolute atomic E-state index is 0.0155. The SMILES string of the molecule is CC(C)C[C@@H]1NC(=O)[C@H](CCCN)NC(=O)[C@H](C(C)C)NC(=O)[C@@H]2CCCN2C(=O)[C@@H](Cc2ccccc2)NC(=O)[C@H](CC(C)C)NC(=O)[C@H](CCCN)NC(=O)[C@H](C(C)C)NC(=O)[C@@H]2O[C@H](CNC1=O)[C@@H](O)[C@@H]2O. The number of rotatable bonds is 14. The van der Waals surface area contributed by atoms with Gasteiger partial charge in [0.15, 0.2) is 6.10 Å². The van der Waals surface area contributed by atoms with Crippen LogP contribution in [0.3, 0.4) is 0 Å². The number of carbonyl (C=O) groups excluding carboxylic acids is 9. The second kappa shape index (κ2) is 29.5. The summed E-state index contributed by atoms with van der Waals surface area (Å²) in [6.07, 6.45) is -4.86. The number of nitrogens with two attached hydrogens (primary N) is 2. The van der Waals surface area contributed by atoms with Crippen LogP contribution in [0.4, 0.5) is 0 Å². The lowest BCUT2D eigenvalue weighted by Gasteiger charge is -2.32. The molecule has 75 heavy (non-hydrogen) atoms. The monoisotopic (exact) mass is 1060 g/mol. The molecular weight excluding hydrogens is 971 g/mol. The van der Waals surface area contributed by atoms with Crippen LogP contribution < -0.4 is 54.0 Å². The Morgan fingerprint density at radius 2 is 1.04 bits per heavy atom. The Balaban J connectivity index is 1.77. The van der Waals surface area contributed by atoms with Crippen LogP contribution in [-0.4, -0.2) is 167 Å². The maximum atomic E-state index is 14.8. The predicted octanol–water partition coefficient (Wildman–Crippen LogP) is -1.89. The molecule has 0 radical (unpaired) electrons. The van der Waals surface area contributed by atoms with Crippen molar-refractivity contribution in [2.75, 3.05) is 26.2 Å². The summed E-state index contributed by atoms with van der Waals surface area (Å²) in [4.78, 5) is 129. The number of aliphatic hydroxyl groups excluding tert-OH is 2. The Bertz CT molecular complexity index is 2110. The third kappa shape index (κ3) is 17.9. The number of carbonyl (C=O) groups is 9. The third-order valence-electron chi connectivity index (χ3n) is 13.7. The zero-order valence-corrected chi connectivity index (χ0v) is 44.9. The molecular formula is C52H85N11O12. The van der Waals surface area contributed by atoms with Gasteiger partial charge in [-0.2, -0.15) is 0 Å². The number of aliphatic hydroxyl groups is 2. The number of ether oxygens (including phenoxy) is 1. The fraction of sp³-hybridized carbons (Fsp3) is 0.712. The van der Waals surface area contributed by atoms with Crippen molar-refractivity contribution >= 4 is 53.2 Å². The summed E-state index contributed by atoms with van der Waals surface area (Å²) in [5.41, 5.74) is 12.4. The molecule has 23 heteroatoms. The minimum Gasteiger partial charge on any atom is -0.388 e. The van der Waals surface area contributed by atoms with Gasteiger partial charge in [0, 0.05) is 19.5 Å². The van der Waals surface area contributed by atoms with E-state index in [4.69, 9.17) is 16.2 Å². The molecule has 12 atom stereocenters. The molecule has 3 aliphatic heterocycles. The fourth-order valence-electron chi connectivity index (χ4n) is 9.49. The summed E-state index contributed by atoms with van der Waals surface area (Å²) < 4.78 is 5.79. The average Bonchev–Trinajstić information content (AvgIpc) is 3.96. The van der Waals surface area contributed by atoms with E-state index in [0.29, 0.717) is 18.4 Å². The van der Waals surface area contributed by atoms with Crippen molar-refractivity contribution in [3.63, 3.8) is 0 Å². The maximum absolute atomic E-state index is 14.8. The Kier molecular flexibility index (Phi) is 24.3. The summed E-state index contributed by atoms with van der Waals surface area (Å²) in [7, 11) is 0. The van der Waals surface area contributed by atoms with Gasteiger partial charge in [-0.3, -0.25) is 43.2 Å². The molecule has 3 saturated heterocycles. The van der Waals surface area contributed by atoms with Crippen molar-refractivity contribution in [2.45, 2.75) is 186 Å². The molecule has 23 nitrogen and oxygen atoms in total. The molecule has 3 aliphatic rings. The van der Waals surface area contributed by atoms with Crippen molar-refractivity contribution in [3.05, 3.63) is 35.9 Å². The number of hydrogen-bond acceptors (Lipinski definition) is 14. The highest BCUT2D eigenvalue weighted by molar-refractivity contribution is 5.98. The van der Waals surface area contributed by atoms with E-state index in [2.05, 4.69) is 42.5 Å². The van der Waals surface area contributed by atoms with Crippen molar-refractivity contribution in [3.8, 4) is 0 Å². The van der Waals surface area contributed by atoms with Gasteiger partial charge in [0.25, 0.3) is 5.91 Å². The minimum atomic E-state index is -1.79. The number of fused-ring (bicyclic) bond motifs is 3. The van der Waals surface area contributed by atoms with Crippen molar-refractivity contribution < 1.29 is 58.1 Å². The van der Waals surface area contributed by atoms with Crippen molar-refractivity contribution in [1.82, 2.24) is 47.4 Å². The van der Waals surface area contributed by atoms with Crippen LogP contribution in [0.5, 0.6) is 0 Å². The Hall–Kier alpha value is -5.75. The van der Waals surface area contributed by atoms with E-state index < -0.39 is 144 Å². The summed E-state index contributed by atoms with van der Waals surface area (Å²) in [6.45, 7) is 14.1. The second-order valence-corrected chi connectivity index (χ2v) is 21.6. The molecule has 0 aliphatic carbocycles. The molecule has 2 bridgehead atoms. The van der Waals surface area contributed by atoms with Gasteiger partial charge in [0.1, 0.15) is 66.6 Å². The molecule has 0 spiro atoms. The first kappa shape index (κ1) is 61.8. The molecule has 4 rings (SSSR count). The van der Waals surface area contributed by atoms with Gasteiger partial charge in [0.05, 0.1) is 0 Å². The smallest absolute Gasteiger partial charge is 0.252 e. The first-order valence-corrected chi connectivity index (χ1v) is 26.6. The molecule has 1 aromatic rings. The number of hydrogen-bond donors (Lipinski definition) is 12. The molecule has 14 N–H and O–H groups in total. The van der Waals surface area contributed by atoms with E-state index in [1.54, 1.807) is 58.0 Å². The summed E-state index contributed by atoms with van der Waals surface area (Å²) in [5, 5.41) is 44.0. The quantitative estimate of drug-likeness (QED) is 0.0971. The highest BCUT2D eigenvalue weighted by atomic mass is 16.5. The highest BCUT2D eigenvalue weighted by Gasteiger charge is 2.48. The lowest BCUT2D eigenvalue weighted by atomic mass is 9.99. The van der Waals surface area contributed by atoms with Gasteiger partial charge < -0.3 is 73.9 Å². The predicted molar refractivity (Wildman–Crippen MR) is 277 cm³/mol. The van der Waals surface area contributed by atoms with Crippen LogP contribution in [0.15, 0.2) is 30.3 Å². The van der Waals surface area contributed by atoms with E-state index >= 15 is 0 Å². The van der Waals surface area contributed by atoms with Gasteiger partial charge in [-0.1, -0.05) is 85.7 Å². The molecule has 0 unspecified atom stereocenters. The first-order valence-electron chi connectivity index (χ1n) is 26.6. The van der Waals surface area contributed by atoms with Gasteiger partial charge in [-0.05, 0) is 93.7 Å². The second-order valence-electron chi connectivity index (χ2n) is 21.6. The molecule has 1 aromatic carbocycles. The van der Waals surface area contributed by atoms with Gasteiger partial charge >= 0.3 is 0 Å². The highest BCUT2D eigenvalue weighted by Crippen LogP contribution is 2.24. The number of amides is 9. The largest absolute Gasteiger partial charge is 0.388 e. The lowest BCUT2D eigenvalue weighted by molar-refractivity contribution is -0.143. The van der Waals surface area contributed by atoms with E-state index in [-0.39, 0.29) is 76.4 Å². The molecule has 3 heterocycles. The maximum Gasteiger partial charge on any atom is 0.252 e. The third-order valence-corrected chi connectivity index (χ3v) is 13.7. The first-order chi connectivity index (χ1) is 35.5.